The van der Waals surface area contributed by atoms with Gasteiger partial charge in [0.1, 0.15) is 6.72 Å². The van der Waals surface area contributed by atoms with Gasteiger partial charge < -0.3 is 5.21 Å². The van der Waals surface area contributed by atoms with Gasteiger partial charge in [0.15, 0.2) is 6.04 Å². The van der Waals surface area contributed by atoms with Gasteiger partial charge in [0.05, 0.1) is 6.10 Å². The van der Waals surface area contributed by atoms with Crippen molar-refractivity contribution in [2.24, 2.45) is 5.92 Å². The maximum Gasteiger partial charge on any atom is 0.166 e. The van der Waals surface area contributed by atoms with Crippen molar-refractivity contribution in [3.63, 3.8) is 0 Å². The Balaban J connectivity index is 2.76. The first-order valence-corrected chi connectivity index (χ1v) is 10.2. The van der Waals surface area contributed by atoms with E-state index in [1.165, 1.54) is 32.1 Å². The van der Waals surface area contributed by atoms with Gasteiger partial charge in [-0.15, -0.1) is 0 Å². The van der Waals surface area contributed by atoms with Crippen LogP contribution in [0.4, 0.5) is 0 Å². The molecule has 0 bridgehead atoms. The first-order valence-electron chi connectivity index (χ1n) is 10.2. The maximum atomic E-state index is 11.8. The SMILES string of the molecule is C=[N+]([O-])C1CC(C)(C)N(OC(CCCCCCC)C(C)C)C(C)(C)C1. The highest BCUT2D eigenvalue weighted by molar-refractivity contribution is 5.15. The van der Waals surface area contributed by atoms with Crippen molar-refractivity contribution in [2.75, 3.05) is 0 Å². The highest BCUT2D eigenvalue weighted by Gasteiger charge is 2.50. The van der Waals surface area contributed by atoms with Crippen LogP contribution in [0.5, 0.6) is 0 Å². The highest BCUT2D eigenvalue weighted by Crippen LogP contribution is 2.40. The van der Waals surface area contributed by atoms with Gasteiger partial charge in [-0.3, -0.25) is 4.84 Å². The molecular formula is C21H42N2O2. The van der Waals surface area contributed by atoms with Crippen molar-refractivity contribution < 1.29 is 9.58 Å². The minimum atomic E-state index is -0.178. The fourth-order valence-electron chi connectivity index (χ4n) is 4.29. The Labute approximate surface area is 156 Å². The average Bonchev–Trinajstić information content (AvgIpc) is 2.46. The van der Waals surface area contributed by atoms with E-state index < -0.39 is 0 Å². The zero-order valence-corrected chi connectivity index (χ0v) is 17.8. The third kappa shape index (κ3) is 6.56. The van der Waals surface area contributed by atoms with E-state index in [0.717, 1.165) is 24.0 Å². The lowest BCUT2D eigenvalue weighted by Gasteiger charge is -2.53. The Hall–Kier alpha value is -0.610. The number of piperidine rings is 1. The molecule has 0 N–H and O–H groups in total. The molecule has 1 heterocycles. The molecule has 1 saturated heterocycles. The smallest absolute Gasteiger partial charge is 0.166 e. The van der Waals surface area contributed by atoms with Crippen LogP contribution in [0.15, 0.2) is 0 Å². The van der Waals surface area contributed by atoms with Gasteiger partial charge in [-0.2, -0.15) is 5.06 Å². The number of rotatable bonds is 10. The van der Waals surface area contributed by atoms with Crippen LogP contribution in [0.1, 0.15) is 99.8 Å². The zero-order valence-electron chi connectivity index (χ0n) is 17.8. The molecule has 0 radical (unpaired) electrons. The first-order chi connectivity index (χ1) is 11.5. The summed E-state index contributed by atoms with van der Waals surface area (Å²) >= 11 is 0. The van der Waals surface area contributed by atoms with Crippen molar-refractivity contribution in [3.8, 4) is 0 Å². The van der Waals surface area contributed by atoms with Gasteiger partial charge in [0, 0.05) is 23.9 Å². The van der Waals surface area contributed by atoms with Crippen molar-refractivity contribution in [3.05, 3.63) is 5.21 Å². The van der Waals surface area contributed by atoms with Gasteiger partial charge >= 0.3 is 0 Å². The Bertz CT molecular complexity index is 400. The Morgan fingerprint density at radius 1 is 1.08 bits per heavy atom. The van der Waals surface area contributed by atoms with Crippen molar-refractivity contribution in [1.29, 1.82) is 0 Å². The molecule has 0 aliphatic carbocycles. The summed E-state index contributed by atoms with van der Waals surface area (Å²) in [4.78, 5) is 6.61. The molecule has 0 spiro atoms. The second kappa shape index (κ2) is 9.36. The van der Waals surface area contributed by atoms with Gasteiger partial charge in [-0.1, -0.05) is 52.9 Å². The van der Waals surface area contributed by atoms with Gasteiger partial charge in [-0.05, 0) is 40.0 Å². The first kappa shape index (κ1) is 22.4. The number of hydrogen-bond donors (Lipinski definition) is 0. The Kier molecular flexibility index (Phi) is 8.40. The Morgan fingerprint density at radius 3 is 2.04 bits per heavy atom. The minimum absolute atomic E-state index is 0.0450. The van der Waals surface area contributed by atoms with E-state index in [9.17, 15) is 5.21 Å². The molecular weight excluding hydrogens is 312 g/mol. The summed E-state index contributed by atoms with van der Waals surface area (Å²) in [5.41, 5.74) is -0.357. The van der Waals surface area contributed by atoms with Crippen LogP contribution < -0.4 is 0 Å². The largest absolute Gasteiger partial charge is 0.624 e. The van der Waals surface area contributed by atoms with E-state index in [-0.39, 0.29) is 23.2 Å². The number of unbranched alkanes of at least 4 members (excludes halogenated alkanes) is 4. The van der Waals surface area contributed by atoms with E-state index in [2.05, 4.69) is 60.2 Å². The van der Waals surface area contributed by atoms with E-state index in [4.69, 9.17) is 4.84 Å². The molecule has 25 heavy (non-hydrogen) atoms. The van der Waals surface area contributed by atoms with Gasteiger partial charge in [-0.25, -0.2) is 4.74 Å². The number of hydroxylamine groups is 3. The molecule has 1 unspecified atom stereocenters. The molecule has 4 nitrogen and oxygen atoms in total. The number of hydrogen-bond acceptors (Lipinski definition) is 3. The summed E-state index contributed by atoms with van der Waals surface area (Å²) in [6, 6.07) is -0.0450. The van der Waals surface area contributed by atoms with Gasteiger partial charge in [0.25, 0.3) is 0 Å². The van der Waals surface area contributed by atoms with Crippen LogP contribution in [0.3, 0.4) is 0 Å². The summed E-state index contributed by atoms with van der Waals surface area (Å²) in [6.45, 7) is 19.1. The third-order valence-corrected chi connectivity index (χ3v) is 5.55. The fraction of sp³-hybridized carbons (Fsp3) is 0.952. The van der Waals surface area contributed by atoms with Crippen molar-refractivity contribution in [2.45, 2.75) is 123 Å². The summed E-state index contributed by atoms with van der Waals surface area (Å²) in [7, 11) is 0. The summed E-state index contributed by atoms with van der Waals surface area (Å²) in [5.74, 6) is 0.486. The van der Waals surface area contributed by atoms with Crippen molar-refractivity contribution in [1.82, 2.24) is 5.06 Å². The molecule has 1 atom stereocenters. The maximum absolute atomic E-state index is 11.8. The second-order valence-electron chi connectivity index (χ2n) is 9.49. The predicted molar refractivity (Wildman–Crippen MR) is 107 cm³/mol. The molecule has 0 saturated carbocycles. The lowest BCUT2D eigenvalue weighted by Crippen LogP contribution is -2.63. The van der Waals surface area contributed by atoms with E-state index in [1.54, 1.807) is 0 Å². The standard InChI is InChI=1S/C21H42N2O2/c1-9-10-11-12-13-14-19(17(2)3)25-23-20(4,5)15-18(22(8)24)16-21(23,6)7/h17-19H,8-16H2,1-7H3. The molecule has 0 aromatic carbocycles. The molecule has 1 fully saturated rings. The summed E-state index contributed by atoms with van der Waals surface area (Å²) in [6.07, 6.45) is 9.37. The van der Waals surface area contributed by atoms with Crippen LogP contribution in [-0.4, -0.2) is 39.7 Å². The molecule has 148 valence electrons. The number of nitrogens with zero attached hydrogens (tertiary/aromatic N) is 2. The lowest BCUT2D eigenvalue weighted by molar-refractivity contribution is -0.513. The molecule has 0 amide bonds. The Morgan fingerprint density at radius 2 is 1.60 bits per heavy atom. The fourth-order valence-corrected chi connectivity index (χ4v) is 4.29. The quantitative estimate of drug-likeness (QED) is 0.170. The molecule has 0 aromatic heterocycles. The van der Waals surface area contributed by atoms with Crippen LogP contribution in [0.25, 0.3) is 0 Å². The molecule has 1 aliphatic heterocycles. The molecule has 1 aliphatic rings. The van der Waals surface area contributed by atoms with E-state index in [0.29, 0.717) is 5.92 Å². The van der Waals surface area contributed by atoms with Crippen LogP contribution in [-0.2, 0) is 4.84 Å². The second-order valence-corrected chi connectivity index (χ2v) is 9.49. The van der Waals surface area contributed by atoms with Crippen LogP contribution >= 0.6 is 0 Å². The third-order valence-electron chi connectivity index (χ3n) is 5.55. The summed E-state index contributed by atoms with van der Waals surface area (Å²) in [5, 5.41) is 14.0. The lowest BCUT2D eigenvalue weighted by atomic mass is 9.79. The van der Waals surface area contributed by atoms with Crippen LogP contribution in [0, 0.1) is 11.1 Å². The van der Waals surface area contributed by atoms with Crippen molar-refractivity contribution >= 4 is 6.72 Å². The summed E-state index contributed by atoms with van der Waals surface area (Å²) < 4.78 is 0.883. The van der Waals surface area contributed by atoms with E-state index >= 15 is 0 Å². The topological polar surface area (TPSA) is 38.5 Å². The van der Waals surface area contributed by atoms with Crippen LogP contribution in [0.2, 0.25) is 0 Å². The zero-order chi connectivity index (χ0) is 19.3. The average molecular weight is 355 g/mol. The van der Waals surface area contributed by atoms with E-state index in [1.807, 2.05) is 0 Å². The highest BCUT2D eigenvalue weighted by atomic mass is 16.7. The minimum Gasteiger partial charge on any atom is -0.624 e. The molecule has 0 aromatic rings. The predicted octanol–water partition coefficient (Wildman–Crippen LogP) is 5.54. The van der Waals surface area contributed by atoms with Gasteiger partial charge in [0.2, 0.25) is 0 Å². The normalized spacial score (nSPS) is 22.2. The molecule has 4 heteroatoms. The monoisotopic (exact) mass is 354 g/mol. The molecule has 1 rings (SSSR count).